The maximum atomic E-state index is 5.20. The first kappa shape index (κ1) is 23.0. The summed E-state index contributed by atoms with van der Waals surface area (Å²) in [6.07, 6.45) is 7.26. The van der Waals surface area contributed by atoms with Crippen LogP contribution in [0.2, 0.25) is 0 Å². The topological polar surface area (TPSA) is 78.8 Å². The minimum Gasteiger partial charge on any atom is -0.383 e. The molecule has 1 aliphatic rings. The molecule has 0 unspecified atom stereocenters. The standard InChI is InChI=1S/C24H29N7OS/c1-4-18(7-9-25-2)20-5-6-21-23(27-20)33-24(28-21)29-22-17-19(8-10-26-22)31-13-11-30(12-14-31)15-16-32-3/h4-10,17H,1,11-16H2,2-3H3,(H,26,28,29)/b18-7+,25-9-. The summed E-state index contributed by atoms with van der Waals surface area (Å²) in [6.45, 7) is 9.69. The van der Waals surface area contributed by atoms with Crippen LogP contribution in [0.15, 0.2) is 54.2 Å². The van der Waals surface area contributed by atoms with Crippen molar-refractivity contribution in [2.75, 3.05) is 63.7 Å². The van der Waals surface area contributed by atoms with Gasteiger partial charge >= 0.3 is 0 Å². The summed E-state index contributed by atoms with van der Waals surface area (Å²) in [5, 5.41) is 4.12. The summed E-state index contributed by atoms with van der Waals surface area (Å²) >= 11 is 1.51. The number of nitrogens with one attached hydrogen (secondary N) is 1. The first-order valence-corrected chi connectivity index (χ1v) is 11.7. The van der Waals surface area contributed by atoms with Gasteiger partial charge in [0.25, 0.3) is 0 Å². The van der Waals surface area contributed by atoms with E-state index < -0.39 is 0 Å². The highest BCUT2D eigenvalue weighted by Crippen LogP contribution is 2.29. The lowest BCUT2D eigenvalue weighted by molar-refractivity contribution is 0.144. The van der Waals surface area contributed by atoms with Gasteiger partial charge in [0, 0.05) is 76.6 Å². The van der Waals surface area contributed by atoms with Crippen LogP contribution in [0.1, 0.15) is 5.69 Å². The fourth-order valence-corrected chi connectivity index (χ4v) is 4.53. The molecular formula is C24H29N7OS. The van der Waals surface area contributed by atoms with Crippen molar-refractivity contribution in [2.24, 2.45) is 4.99 Å². The Labute approximate surface area is 198 Å². The number of pyridine rings is 2. The average molecular weight is 464 g/mol. The van der Waals surface area contributed by atoms with E-state index in [0.717, 1.165) is 71.9 Å². The van der Waals surface area contributed by atoms with Crippen LogP contribution < -0.4 is 10.2 Å². The third-order valence-corrected chi connectivity index (χ3v) is 6.38. The van der Waals surface area contributed by atoms with Crippen molar-refractivity contribution in [3.8, 4) is 0 Å². The van der Waals surface area contributed by atoms with E-state index in [1.54, 1.807) is 26.4 Å². The van der Waals surface area contributed by atoms with Gasteiger partial charge in [0.1, 0.15) is 16.2 Å². The van der Waals surface area contributed by atoms with Gasteiger partial charge in [-0.3, -0.25) is 9.89 Å². The van der Waals surface area contributed by atoms with Gasteiger partial charge in [-0.25, -0.2) is 15.0 Å². The number of methoxy groups -OCH3 is 1. The number of thiazole rings is 1. The summed E-state index contributed by atoms with van der Waals surface area (Å²) in [5.41, 5.74) is 3.78. The molecule has 0 amide bonds. The van der Waals surface area contributed by atoms with Gasteiger partial charge in [0.15, 0.2) is 5.13 Å². The van der Waals surface area contributed by atoms with E-state index in [1.165, 1.54) is 17.0 Å². The molecule has 0 atom stereocenters. The Kier molecular flexibility index (Phi) is 7.77. The third-order valence-electron chi connectivity index (χ3n) is 5.50. The number of aromatic nitrogens is 3. The number of piperazine rings is 1. The summed E-state index contributed by atoms with van der Waals surface area (Å²) in [6, 6.07) is 8.07. The molecule has 1 saturated heterocycles. The smallest absolute Gasteiger partial charge is 0.190 e. The molecule has 3 aromatic rings. The molecule has 33 heavy (non-hydrogen) atoms. The molecule has 1 fully saturated rings. The second-order valence-electron chi connectivity index (χ2n) is 7.62. The molecular weight excluding hydrogens is 434 g/mol. The van der Waals surface area contributed by atoms with Gasteiger partial charge < -0.3 is 15.0 Å². The minimum atomic E-state index is 0.767. The number of hydrogen-bond acceptors (Lipinski definition) is 9. The Balaban J connectivity index is 1.46. The van der Waals surface area contributed by atoms with Crippen molar-refractivity contribution in [1.29, 1.82) is 0 Å². The van der Waals surface area contributed by atoms with E-state index in [2.05, 4.69) is 48.8 Å². The first-order valence-electron chi connectivity index (χ1n) is 10.9. The summed E-state index contributed by atoms with van der Waals surface area (Å²) in [5.74, 6) is 0.777. The van der Waals surface area contributed by atoms with E-state index in [-0.39, 0.29) is 0 Å². The van der Waals surface area contributed by atoms with Crippen LogP contribution in [0.25, 0.3) is 15.9 Å². The Morgan fingerprint density at radius 3 is 2.85 bits per heavy atom. The van der Waals surface area contributed by atoms with Crippen molar-refractivity contribution in [2.45, 2.75) is 0 Å². The molecule has 0 aliphatic carbocycles. The molecule has 0 radical (unpaired) electrons. The monoisotopic (exact) mass is 463 g/mol. The van der Waals surface area contributed by atoms with Gasteiger partial charge in [-0.2, -0.15) is 0 Å². The van der Waals surface area contributed by atoms with Crippen molar-refractivity contribution in [3.05, 3.63) is 54.9 Å². The second kappa shape index (κ2) is 11.1. The fourth-order valence-electron chi connectivity index (χ4n) is 3.69. The van der Waals surface area contributed by atoms with Crippen LogP contribution in [-0.4, -0.2) is 79.6 Å². The SMILES string of the molecule is C=C/C(=C\C=N/C)c1ccc2nc(Nc3cc(N4CCN(CCOC)CC4)ccn3)sc2n1. The van der Waals surface area contributed by atoms with Gasteiger partial charge in [0.05, 0.1) is 12.3 Å². The van der Waals surface area contributed by atoms with Gasteiger partial charge in [-0.05, 0) is 24.3 Å². The minimum absolute atomic E-state index is 0.767. The second-order valence-corrected chi connectivity index (χ2v) is 8.60. The van der Waals surface area contributed by atoms with Crippen LogP contribution in [-0.2, 0) is 4.74 Å². The molecule has 1 aliphatic heterocycles. The molecule has 4 heterocycles. The molecule has 9 heteroatoms. The number of allylic oxidation sites excluding steroid dienone is 3. The predicted octanol–water partition coefficient (Wildman–Crippen LogP) is 3.87. The van der Waals surface area contributed by atoms with Crippen molar-refractivity contribution in [1.82, 2.24) is 19.9 Å². The number of anilines is 3. The van der Waals surface area contributed by atoms with E-state index in [9.17, 15) is 0 Å². The third kappa shape index (κ3) is 5.81. The Bertz CT molecular complexity index is 1150. The molecule has 0 spiro atoms. The molecule has 0 saturated carbocycles. The van der Waals surface area contributed by atoms with Gasteiger partial charge in [-0.15, -0.1) is 0 Å². The van der Waals surface area contributed by atoms with E-state index >= 15 is 0 Å². The normalized spacial score (nSPS) is 15.5. The molecule has 172 valence electrons. The molecule has 8 nitrogen and oxygen atoms in total. The highest BCUT2D eigenvalue weighted by Gasteiger charge is 2.17. The summed E-state index contributed by atoms with van der Waals surface area (Å²) in [7, 11) is 3.49. The Morgan fingerprint density at radius 1 is 1.24 bits per heavy atom. The number of rotatable bonds is 9. The van der Waals surface area contributed by atoms with Crippen molar-refractivity contribution in [3.63, 3.8) is 0 Å². The van der Waals surface area contributed by atoms with Gasteiger partial charge in [-0.1, -0.05) is 24.0 Å². The highest BCUT2D eigenvalue weighted by molar-refractivity contribution is 7.21. The van der Waals surface area contributed by atoms with Crippen LogP contribution in [0.4, 0.5) is 16.6 Å². The molecule has 0 aromatic carbocycles. The summed E-state index contributed by atoms with van der Waals surface area (Å²) in [4.78, 5) is 23.6. The predicted molar refractivity (Wildman–Crippen MR) is 138 cm³/mol. The molecule has 3 aromatic heterocycles. The Morgan fingerprint density at radius 2 is 2.09 bits per heavy atom. The first-order chi connectivity index (χ1) is 16.2. The maximum absolute atomic E-state index is 5.20. The van der Waals surface area contributed by atoms with E-state index in [4.69, 9.17) is 9.72 Å². The highest BCUT2D eigenvalue weighted by atomic mass is 32.1. The van der Waals surface area contributed by atoms with E-state index in [1.807, 2.05) is 24.4 Å². The molecule has 0 bridgehead atoms. The lowest BCUT2D eigenvalue weighted by atomic mass is 10.1. The van der Waals surface area contributed by atoms with Crippen LogP contribution in [0.5, 0.6) is 0 Å². The van der Waals surface area contributed by atoms with Crippen LogP contribution >= 0.6 is 11.3 Å². The van der Waals surface area contributed by atoms with Crippen molar-refractivity contribution >= 4 is 50.1 Å². The summed E-state index contributed by atoms with van der Waals surface area (Å²) < 4.78 is 5.20. The van der Waals surface area contributed by atoms with Gasteiger partial charge in [0.2, 0.25) is 0 Å². The number of ether oxygens (including phenoxy) is 1. The molecule has 1 N–H and O–H groups in total. The number of hydrogen-bond donors (Lipinski definition) is 1. The quantitative estimate of drug-likeness (QED) is 0.381. The Hall–Kier alpha value is -3.14. The average Bonchev–Trinajstić information content (AvgIpc) is 3.25. The van der Waals surface area contributed by atoms with Crippen LogP contribution in [0, 0.1) is 0 Å². The van der Waals surface area contributed by atoms with Crippen molar-refractivity contribution < 1.29 is 4.74 Å². The zero-order valence-corrected chi connectivity index (χ0v) is 19.9. The number of fused-ring (bicyclic) bond motifs is 1. The largest absolute Gasteiger partial charge is 0.383 e. The zero-order valence-electron chi connectivity index (χ0n) is 19.1. The lowest BCUT2D eigenvalue weighted by Crippen LogP contribution is -2.47. The molecule has 4 rings (SSSR count). The fraction of sp³-hybridized carbons (Fsp3) is 0.333. The van der Waals surface area contributed by atoms with E-state index in [0.29, 0.717) is 0 Å². The zero-order chi connectivity index (χ0) is 23.0. The number of nitrogens with zero attached hydrogens (tertiary/aromatic N) is 6. The number of aliphatic imine (C=N–C) groups is 1. The lowest BCUT2D eigenvalue weighted by Gasteiger charge is -2.36. The maximum Gasteiger partial charge on any atom is 0.190 e. The van der Waals surface area contributed by atoms with Crippen LogP contribution in [0.3, 0.4) is 0 Å².